The molecule has 0 aliphatic rings. The summed E-state index contributed by atoms with van der Waals surface area (Å²) >= 11 is 0. The fraction of sp³-hybridized carbons (Fsp3) is 0.333. The number of anilines is 1. The standard InChI is InChI=1S/C30H36FN3O4S/c1-4-5-20-32-30(36)24(3)33(21-19-25-11-7-6-8-12-25)29(35)22-34(28-14-10-9-13-27(28)31)39(37,38)26-17-15-23(2)16-18-26/h6-18,24H,4-5,19-22H2,1-3H3,(H,32,36). The zero-order chi connectivity index (χ0) is 28.4. The highest BCUT2D eigenvalue weighted by atomic mass is 32.2. The number of carbonyl (C=O) groups excluding carboxylic acids is 2. The molecule has 39 heavy (non-hydrogen) atoms. The molecule has 7 nitrogen and oxygen atoms in total. The van der Waals surface area contributed by atoms with E-state index in [-0.39, 0.29) is 23.0 Å². The highest BCUT2D eigenvalue weighted by Gasteiger charge is 2.33. The van der Waals surface area contributed by atoms with Crippen LogP contribution in [0.25, 0.3) is 0 Å². The van der Waals surface area contributed by atoms with Crippen LogP contribution >= 0.6 is 0 Å². The second kappa shape index (κ2) is 13.9. The van der Waals surface area contributed by atoms with Crippen LogP contribution in [0, 0.1) is 12.7 Å². The number of carbonyl (C=O) groups is 2. The lowest BCUT2D eigenvalue weighted by Gasteiger charge is -2.32. The Morgan fingerprint density at radius 1 is 0.949 bits per heavy atom. The molecule has 1 unspecified atom stereocenters. The summed E-state index contributed by atoms with van der Waals surface area (Å²) in [6.45, 7) is 5.44. The van der Waals surface area contributed by atoms with Crippen LogP contribution in [-0.4, -0.2) is 50.8 Å². The molecule has 3 rings (SSSR count). The molecule has 0 bridgehead atoms. The molecule has 1 N–H and O–H groups in total. The van der Waals surface area contributed by atoms with Crippen molar-refractivity contribution in [3.8, 4) is 0 Å². The van der Waals surface area contributed by atoms with Gasteiger partial charge in [0.05, 0.1) is 10.6 Å². The van der Waals surface area contributed by atoms with E-state index in [4.69, 9.17) is 0 Å². The van der Waals surface area contributed by atoms with Crippen molar-refractivity contribution in [2.24, 2.45) is 0 Å². The molecule has 0 spiro atoms. The number of aryl methyl sites for hydroxylation is 1. The van der Waals surface area contributed by atoms with Crippen LogP contribution in [0.4, 0.5) is 10.1 Å². The molecule has 3 aromatic rings. The summed E-state index contributed by atoms with van der Waals surface area (Å²) < 4.78 is 43.2. The predicted molar refractivity (Wildman–Crippen MR) is 151 cm³/mol. The van der Waals surface area contributed by atoms with E-state index in [9.17, 15) is 22.4 Å². The van der Waals surface area contributed by atoms with E-state index in [1.54, 1.807) is 19.1 Å². The lowest BCUT2D eigenvalue weighted by atomic mass is 10.1. The Bertz CT molecular complexity index is 1350. The Kier molecular flexibility index (Phi) is 10.6. The second-order valence-corrected chi connectivity index (χ2v) is 11.3. The van der Waals surface area contributed by atoms with Gasteiger partial charge in [0.2, 0.25) is 11.8 Å². The first-order chi connectivity index (χ1) is 18.6. The van der Waals surface area contributed by atoms with Crippen molar-refractivity contribution in [3.05, 3.63) is 95.8 Å². The van der Waals surface area contributed by atoms with Gasteiger partial charge >= 0.3 is 0 Å². The molecule has 0 heterocycles. The zero-order valence-electron chi connectivity index (χ0n) is 22.6. The number of rotatable bonds is 13. The van der Waals surface area contributed by atoms with E-state index in [1.165, 1.54) is 35.2 Å². The fourth-order valence-corrected chi connectivity index (χ4v) is 5.53. The van der Waals surface area contributed by atoms with E-state index in [1.807, 2.05) is 44.2 Å². The molecule has 2 amide bonds. The average Bonchev–Trinajstić information content (AvgIpc) is 2.93. The summed E-state index contributed by atoms with van der Waals surface area (Å²) in [5, 5.41) is 2.85. The van der Waals surface area contributed by atoms with E-state index >= 15 is 0 Å². The van der Waals surface area contributed by atoms with Gasteiger partial charge in [0, 0.05) is 13.1 Å². The highest BCUT2D eigenvalue weighted by Crippen LogP contribution is 2.27. The van der Waals surface area contributed by atoms with Crippen molar-refractivity contribution in [1.82, 2.24) is 10.2 Å². The van der Waals surface area contributed by atoms with Crippen LogP contribution in [-0.2, 0) is 26.0 Å². The highest BCUT2D eigenvalue weighted by molar-refractivity contribution is 7.92. The van der Waals surface area contributed by atoms with E-state index in [2.05, 4.69) is 5.32 Å². The maximum atomic E-state index is 14.9. The van der Waals surface area contributed by atoms with Gasteiger partial charge in [-0.3, -0.25) is 13.9 Å². The van der Waals surface area contributed by atoms with Gasteiger partial charge in [-0.25, -0.2) is 12.8 Å². The first-order valence-corrected chi connectivity index (χ1v) is 14.5. The van der Waals surface area contributed by atoms with Crippen molar-refractivity contribution in [2.75, 3.05) is 23.9 Å². The Labute approximate surface area is 230 Å². The lowest BCUT2D eigenvalue weighted by molar-refractivity contribution is -0.138. The van der Waals surface area contributed by atoms with Gasteiger partial charge in [0.15, 0.2) is 0 Å². The van der Waals surface area contributed by atoms with Crippen molar-refractivity contribution in [3.63, 3.8) is 0 Å². The Morgan fingerprint density at radius 2 is 1.59 bits per heavy atom. The fourth-order valence-electron chi connectivity index (χ4n) is 4.11. The summed E-state index contributed by atoms with van der Waals surface area (Å²) in [5.74, 6) is -1.71. The molecule has 0 aromatic heterocycles. The third-order valence-electron chi connectivity index (χ3n) is 6.49. The van der Waals surface area contributed by atoms with Gasteiger partial charge in [0.25, 0.3) is 10.0 Å². The molecule has 0 aliphatic heterocycles. The summed E-state index contributed by atoms with van der Waals surface area (Å²) in [5.41, 5.74) is 1.58. The SMILES string of the molecule is CCCCNC(=O)C(C)N(CCc1ccccc1)C(=O)CN(c1ccccc1F)S(=O)(=O)c1ccc(C)cc1. The topological polar surface area (TPSA) is 86.8 Å². The van der Waals surface area contributed by atoms with Gasteiger partial charge in [-0.05, 0) is 56.5 Å². The Morgan fingerprint density at radius 3 is 2.23 bits per heavy atom. The first kappa shape index (κ1) is 29.8. The summed E-state index contributed by atoms with van der Waals surface area (Å²) in [6, 6.07) is 20.2. The van der Waals surface area contributed by atoms with Crippen molar-refractivity contribution in [2.45, 2.75) is 51.0 Å². The predicted octanol–water partition coefficient (Wildman–Crippen LogP) is 4.71. The number of para-hydroxylation sites is 1. The minimum absolute atomic E-state index is 0.0645. The van der Waals surface area contributed by atoms with Crippen molar-refractivity contribution >= 4 is 27.5 Å². The number of nitrogens with one attached hydrogen (secondary N) is 1. The quantitative estimate of drug-likeness (QED) is 0.311. The van der Waals surface area contributed by atoms with Crippen LogP contribution in [0.5, 0.6) is 0 Å². The summed E-state index contributed by atoms with van der Waals surface area (Å²) in [7, 11) is -4.31. The normalized spacial score (nSPS) is 12.0. The number of benzene rings is 3. The smallest absolute Gasteiger partial charge is 0.264 e. The van der Waals surface area contributed by atoms with Crippen molar-refractivity contribution in [1.29, 1.82) is 0 Å². The maximum Gasteiger partial charge on any atom is 0.264 e. The number of hydrogen-bond donors (Lipinski definition) is 1. The average molecular weight is 554 g/mol. The number of unbranched alkanes of at least 4 members (excludes halogenated alkanes) is 1. The lowest BCUT2D eigenvalue weighted by Crippen LogP contribution is -2.52. The van der Waals surface area contributed by atoms with Gasteiger partial charge in [-0.15, -0.1) is 0 Å². The number of nitrogens with zero attached hydrogens (tertiary/aromatic N) is 2. The van der Waals surface area contributed by atoms with Crippen LogP contribution in [0.3, 0.4) is 0 Å². The van der Waals surface area contributed by atoms with Crippen molar-refractivity contribution < 1.29 is 22.4 Å². The molecule has 9 heteroatoms. The van der Waals surface area contributed by atoms with Crippen LogP contribution in [0.2, 0.25) is 0 Å². The second-order valence-electron chi connectivity index (χ2n) is 9.42. The molecular formula is C30H36FN3O4S. The van der Waals surface area contributed by atoms with Crippen LogP contribution < -0.4 is 9.62 Å². The van der Waals surface area contributed by atoms with E-state index in [0.717, 1.165) is 34.3 Å². The maximum absolute atomic E-state index is 14.9. The third-order valence-corrected chi connectivity index (χ3v) is 8.26. The molecule has 0 aliphatic carbocycles. The van der Waals surface area contributed by atoms with Gasteiger partial charge < -0.3 is 10.2 Å². The van der Waals surface area contributed by atoms with Crippen LogP contribution in [0.15, 0.2) is 83.8 Å². The molecule has 0 radical (unpaired) electrons. The minimum atomic E-state index is -4.31. The number of hydrogen-bond acceptors (Lipinski definition) is 4. The third kappa shape index (κ3) is 7.89. The molecule has 208 valence electrons. The van der Waals surface area contributed by atoms with E-state index in [0.29, 0.717) is 13.0 Å². The summed E-state index contributed by atoms with van der Waals surface area (Å²) in [4.78, 5) is 28.0. The monoisotopic (exact) mass is 553 g/mol. The molecule has 3 aromatic carbocycles. The number of amides is 2. The molecule has 0 fully saturated rings. The molecule has 1 atom stereocenters. The Balaban J connectivity index is 1.96. The molecule has 0 saturated heterocycles. The Hall–Kier alpha value is -3.72. The molecule has 0 saturated carbocycles. The van der Waals surface area contributed by atoms with Gasteiger partial charge in [-0.2, -0.15) is 0 Å². The number of halogens is 1. The zero-order valence-corrected chi connectivity index (χ0v) is 23.5. The van der Waals surface area contributed by atoms with Gasteiger partial charge in [-0.1, -0.05) is 73.5 Å². The number of sulfonamides is 1. The van der Waals surface area contributed by atoms with Crippen LogP contribution in [0.1, 0.15) is 37.8 Å². The largest absolute Gasteiger partial charge is 0.354 e. The minimum Gasteiger partial charge on any atom is -0.354 e. The first-order valence-electron chi connectivity index (χ1n) is 13.1. The van der Waals surface area contributed by atoms with Gasteiger partial charge in [0.1, 0.15) is 18.4 Å². The van der Waals surface area contributed by atoms with E-state index < -0.39 is 34.3 Å². The molecular weight excluding hydrogens is 517 g/mol. The summed E-state index contributed by atoms with van der Waals surface area (Å²) in [6.07, 6.45) is 2.16.